The highest BCUT2D eigenvalue weighted by Crippen LogP contribution is 2.24. The molecule has 5 heteroatoms. The Labute approximate surface area is 155 Å². The van der Waals surface area contributed by atoms with Gasteiger partial charge in [-0.25, -0.2) is 0 Å². The molecule has 0 spiro atoms. The van der Waals surface area contributed by atoms with E-state index < -0.39 is 0 Å². The van der Waals surface area contributed by atoms with Crippen LogP contribution in [0.2, 0.25) is 0 Å². The van der Waals surface area contributed by atoms with Crippen molar-refractivity contribution in [1.29, 1.82) is 0 Å². The Hall–Kier alpha value is -1.36. The number of amides is 1. The molecule has 0 aliphatic heterocycles. The second-order valence-electron chi connectivity index (χ2n) is 6.30. The van der Waals surface area contributed by atoms with Crippen molar-refractivity contribution in [3.05, 3.63) is 57.8 Å². The molecule has 1 aromatic heterocycles. The highest BCUT2D eigenvalue weighted by atomic mass is 35.5. The number of nitrogens with zero attached hydrogens (tertiary/aromatic N) is 1. The Bertz CT molecular complexity index is 642. The number of halogens is 1. The number of hydrogen-bond donors (Lipinski definition) is 1. The third-order valence-electron chi connectivity index (χ3n) is 4.14. The maximum Gasteiger partial charge on any atom is 0.227 e. The van der Waals surface area contributed by atoms with Crippen LogP contribution >= 0.6 is 23.7 Å². The summed E-state index contributed by atoms with van der Waals surface area (Å²) in [6.45, 7) is 8.78. The highest BCUT2D eigenvalue weighted by Gasteiger charge is 2.28. The van der Waals surface area contributed by atoms with E-state index in [-0.39, 0.29) is 36.3 Å². The summed E-state index contributed by atoms with van der Waals surface area (Å²) in [6.07, 6.45) is 0. The van der Waals surface area contributed by atoms with Gasteiger partial charge in [-0.2, -0.15) is 0 Å². The number of thiophene rings is 1. The van der Waals surface area contributed by atoms with Crippen molar-refractivity contribution in [1.82, 2.24) is 4.90 Å². The molecule has 0 radical (unpaired) electrons. The number of carbonyl (C=O) groups excluding carboxylic acids is 1. The first-order valence-corrected chi connectivity index (χ1v) is 8.88. The van der Waals surface area contributed by atoms with Crippen LogP contribution < -0.4 is 5.73 Å². The zero-order chi connectivity index (χ0) is 17.0. The van der Waals surface area contributed by atoms with E-state index in [1.807, 2.05) is 42.2 Å². The van der Waals surface area contributed by atoms with Gasteiger partial charge in [0.05, 0.1) is 12.5 Å². The Kier molecular flexibility index (Phi) is 7.94. The van der Waals surface area contributed by atoms with E-state index >= 15 is 0 Å². The fourth-order valence-electron chi connectivity index (χ4n) is 2.63. The monoisotopic (exact) mass is 366 g/mol. The van der Waals surface area contributed by atoms with E-state index in [0.717, 1.165) is 5.56 Å². The Morgan fingerprint density at radius 2 is 1.75 bits per heavy atom. The van der Waals surface area contributed by atoms with Gasteiger partial charge < -0.3 is 10.6 Å². The van der Waals surface area contributed by atoms with E-state index in [2.05, 4.69) is 32.9 Å². The van der Waals surface area contributed by atoms with Gasteiger partial charge in [0.25, 0.3) is 0 Å². The first kappa shape index (κ1) is 20.7. The molecule has 24 heavy (non-hydrogen) atoms. The summed E-state index contributed by atoms with van der Waals surface area (Å²) in [7, 11) is 0. The van der Waals surface area contributed by atoms with Crippen LogP contribution in [0.3, 0.4) is 0 Å². The summed E-state index contributed by atoms with van der Waals surface area (Å²) >= 11 is 1.74. The van der Waals surface area contributed by atoms with Crippen LogP contribution in [0.4, 0.5) is 0 Å². The molecule has 0 saturated heterocycles. The Morgan fingerprint density at radius 3 is 2.25 bits per heavy atom. The van der Waals surface area contributed by atoms with Crippen molar-refractivity contribution in [2.24, 2.45) is 11.7 Å². The average molecular weight is 367 g/mol. The molecular formula is C19H27ClN2OS. The molecular weight excluding hydrogens is 340 g/mol. The fourth-order valence-corrected chi connectivity index (χ4v) is 3.52. The molecule has 1 amide bonds. The maximum absolute atomic E-state index is 13.0. The van der Waals surface area contributed by atoms with Crippen LogP contribution in [-0.2, 0) is 11.3 Å². The van der Waals surface area contributed by atoms with Gasteiger partial charge in [-0.05, 0) is 38.5 Å². The lowest BCUT2D eigenvalue weighted by Gasteiger charge is -2.31. The molecule has 0 fully saturated rings. The van der Waals surface area contributed by atoms with Gasteiger partial charge in [-0.3, -0.25) is 4.79 Å². The molecule has 0 aliphatic rings. The van der Waals surface area contributed by atoms with E-state index in [0.29, 0.717) is 6.54 Å². The largest absolute Gasteiger partial charge is 0.335 e. The van der Waals surface area contributed by atoms with Gasteiger partial charge in [0.1, 0.15) is 0 Å². The SMILES string of the molecule is Cc1ccc(CN(C(=O)C(C)C(N)c2ccccc2)C(C)C)s1.Cl. The highest BCUT2D eigenvalue weighted by molar-refractivity contribution is 7.11. The van der Waals surface area contributed by atoms with Crippen molar-refractivity contribution >= 4 is 29.7 Å². The molecule has 2 atom stereocenters. The van der Waals surface area contributed by atoms with Crippen molar-refractivity contribution in [2.45, 2.75) is 46.3 Å². The van der Waals surface area contributed by atoms with Crippen LogP contribution in [0.25, 0.3) is 0 Å². The van der Waals surface area contributed by atoms with Crippen molar-refractivity contribution in [3.8, 4) is 0 Å². The number of benzene rings is 1. The zero-order valence-corrected chi connectivity index (χ0v) is 16.4. The predicted molar refractivity (Wildman–Crippen MR) is 105 cm³/mol. The number of carbonyl (C=O) groups is 1. The first-order chi connectivity index (χ1) is 10.9. The standard InChI is InChI=1S/C19H26N2OS.ClH/c1-13(2)21(12-17-11-10-14(3)23-17)19(22)15(4)18(20)16-8-6-5-7-9-16;/h5-11,13,15,18H,12,20H2,1-4H3;1H. The van der Waals surface area contributed by atoms with E-state index in [1.54, 1.807) is 11.3 Å². The molecule has 0 aliphatic carbocycles. The lowest BCUT2D eigenvalue weighted by Crippen LogP contribution is -2.42. The van der Waals surface area contributed by atoms with Gasteiger partial charge in [-0.1, -0.05) is 37.3 Å². The average Bonchev–Trinajstić information content (AvgIpc) is 2.96. The number of hydrogen-bond acceptors (Lipinski definition) is 3. The summed E-state index contributed by atoms with van der Waals surface area (Å²) in [5.74, 6) is -0.136. The third kappa shape index (κ3) is 5.07. The molecule has 2 aromatic rings. The van der Waals surface area contributed by atoms with Crippen molar-refractivity contribution in [2.75, 3.05) is 0 Å². The first-order valence-electron chi connectivity index (χ1n) is 8.06. The van der Waals surface area contributed by atoms with Crippen molar-refractivity contribution in [3.63, 3.8) is 0 Å². The molecule has 0 saturated carbocycles. The second kappa shape index (κ2) is 9.21. The third-order valence-corrected chi connectivity index (χ3v) is 5.13. The lowest BCUT2D eigenvalue weighted by molar-refractivity contribution is -0.138. The van der Waals surface area contributed by atoms with Crippen LogP contribution in [-0.4, -0.2) is 16.8 Å². The van der Waals surface area contributed by atoms with Gasteiger partial charge >= 0.3 is 0 Å². The number of nitrogens with two attached hydrogens (primary N) is 1. The molecule has 1 heterocycles. The molecule has 2 rings (SSSR count). The Balaban J connectivity index is 0.00000288. The van der Waals surface area contributed by atoms with Crippen molar-refractivity contribution < 1.29 is 4.79 Å². The van der Waals surface area contributed by atoms with Gasteiger partial charge in [0.15, 0.2) is 0 Å². The molecule has 1 aromatic carbocycles. The number of rotatable bonds is 6. The summed E-state index contributed by atoms with van der Waals surface area (Å²) < 4.78 is 0. The van der Waals surface area contributed by atoms with E-state index in [1.165, 1.54) is 9.75 Å². The zero-order valence-electron chi connectivity index (χ0n) is 14.7. The fraction of sp³-hybridized carbons (Fsp3) is 0.421. The minimum atomic E-state index is -0.282. The van der Waals surface area contributed by atoms with Gasteiger partial charge in [0.2, 0.25) is 5.91 Å². The summed E-state index contributed by atoms with van der Waals surface area (Å²) in [5, 5.41) is 0. The lowest BCUT2D eigenvalue weighted by atomic mass is 9.93. The maximum atomic E-state index is 13.0. The van der Waals surface area contributed by atoms with Crippen LogP contribution in [0, 0.1) is 12.8 Å². The minimum absolute atomic E-state index is 0. The summed E-state index contributed by atoms with van der Waals surface area (Å²) in [4.78, 5) is 17.4. The second-order valence-corrected chi connectivity index (χ2v) is 7.67. The molecule has 132 valence electrons. The predicted octanol–water partition coefficient (Wildman–Crippen LogP) is 4.55. The van der Waals surface area contributed by atoms with Crippen LogP contribution in [0.15, 0.2) is 42.5 Å². The van der Waals surface area contributed by atoms with E-state index in [9.17, 15) is 4.79 Å². The van der Waals surface area contributed by atoms with Crippen LogP contribution in [0.1, 0.15) is 42.1 Å². The quantitative estimate of drug-likeness (QED) is 0.815. The molecule has 3 nitrogen and oxygen atoms in total. The molecule has 2 unspecified atom stereocenters. The topological polar surface area (TPSA) is 46.3 Å². The number of aryl methyl sites for hydroxylation is 1. The Morgan fingerprint density at radius 1 is 1.12 bits per heavy atom. The summed E-state index contributed by atoms with van der Waals surface area (Å²) in [6, 6.07) is 13.9. The normalized spacial score (nSPS) is 13.2. The molecule has 0 bridgehead atoms. The minimum Gasteiger partial charge on any atom is -0.335 e. The molecule has 2 N–H and O–H groups in total. The summed E-state index contributed by atoms with van der Waals surface area (Å²) in [5.41, 5.74) is 7.33. The van der Waals surface area contributed by atoms with E-state index in [4.69, 9.17) is 5.73 Å². The van der Waals surface area contributed by atoms with Gasteiger partial charge in [-0.15, -0.1) is 23.7 Å². The van der Waals surface area contributed by atoms with Gasteiger partial charge in [0, 0.05) is 21.8 Å². The smallest absolute Gasteiger partial charge is 0.227 e. The van der Waals surface area contributed by atoms with Crippen LogP contribution in [0.5, 0.6) is 0 Å².